The zero-order valence-corrected chi connectivity index (χ0v) is 18.1. The van der Waals surface area contributed by atoms with Gasteiger partial charge in [-0.25, -0.2) is 13.4 Å². The first kappa shape index (κ1) is 20.2. The van der Waals surface area contributed by atoms with Crippen LogP contribution in [0.5, 0.6) is 0 Å². The van der Waals surface area contributed by atoms with E-state index in [9.17, 15) is 18.3 Å². The minimum atomic E-state index is -3.82. The first-order valence-electron chi connectivity index (χ1n) is 10.5. The highest BCUT2D eigenvalue weighted by atomic mass is 35.5. The van der Waals surface area contributed by atoms with Crippen molar-refractivity contribution in [3.05, 3.63) is 53.2 Å². The van der Waals surface area contributed by atoms with Crippen molar-refractivity contribution in [1.29, 1.82) is 0 Å². The molecule has 30 heavy (non-hydrogen) atoms. The number of sulfone groups is 1. The molecule has 1 aromatic carbocycles. The zero-order valence-electron chi connectivity index (χ0n) is 16.5. The molecule has 4 fully saturated rings. The second-order valence-corrected chi connectivity index (χ2v) is 11.7. The van der Waals surface area contributed by atoms with Crippen molar-refractivity contribution in [2.24, 2.45) is 23.7 Å². The Balaban J connectivity index is 1.37. The number of halogens is 1. The van der Waals surface area contributed by atoms with Gasteiger partial charge in [0.05, 0.1) is 15.5 Å². The SMILES string of the molecule is O=C(CC1C2CC3CC1CC(O)(C3)C2)c1cccc(S(=O)(=O)c2ccc(Cl)cn2)c1. The number of carbonyl (C=O) groups is 1. The summed E-state index contributed by atoms with van der Waals surface area (Å²) in [4.78, 5) is 17.1. The van der Waals surface area contributed by atoms with Gasteiger partial charge in [0.2, 0.25) is 9.84 Å². The molecule has 2 atom stereocenters. The molecule has 0 radical (unpaired) electrons. The Labute approximate surface area is 181 Å². The van der Waals surface area contributed by atoms with E-state index in [1.165, 1.54) is 30.5 Å². The monoisotopic (exact) mass is 445 g/mol. The Hall–Kier alpha value is -1.76. The lowest BCUT2D eigenvalue weighted by Crippen LogP contribution is -2.54. The summed E-state index contributed by atoms with van der Waals surface area (Å²) in [7, 11) is -3.82. The van der Waals surface area contributed by atoms with Gasteiger partial charge < -0.3 is 5.11 Å². The van der Waals surface area contributed by atoms with Crippen molar-refractivity contribution in [3.63, 3.8) is 0 Å². The molecular weight excluding hydrogens is 422 g/mol. The van der Waals surface area contributed by atoms with Crippen LogP contribution in [0.15, 0.2) is 52.5 Å². The van der Waals surface area contributed by atoms with E-state index in [0.29, 0.717) is 34.8 Å². The van der Waals surface area contributed by atoms with Crippen LogP contribution in [-0.2, 0) is 9.84 Å². The third kappa shape index (κ3) is 3.49. The van der Waals surface area contributed by atoms with Crippen molar-refractivity contribution in [2.75, 3.05) is 0 Å². The number of nitrogens with zero attached hydrogens (tertiary/aromatic N) is 1. The lowest BCUT2D eigenvalue weighted by atomic mass is 9.49. The number of rotatable bonds is 5. The van der Waals surface area contributed by atoms with Gasteiger partial charge >= 0.3 is 0 Å². The summed E-state index contributed by atoms with van der Waals surface area (Å²) in [6.07, 6.45) is 6.44. The fourth-order valence-electron chi connectivity index (χ4n) is 6.23. The van der Waals surface area contributed by atoms with Crippen LogP contribution in [0.4, 0.5) is 0 Å². The Morgan fingerprint density at radius 1 is 1.13 bits per heavy atom. The summed E-state index contributed by atoms with van der Waals surface area (Å²) >= 11 is 5.81. The van der Waals surface area contributed by atoms with Gasteiger partial charge in [0.1, 0.15) is 0 Å². The zero-order chi connectivity index (χ0) is 21.1. The topological polar surface area (TPSA) is 84.3 Å². The average Bonchev–Trinajstić information content (AvgIpc) is 2.70. The third-order valence-electron chi connectivity index (χ3n) is 7.30. The Kier molecular flexibility index (Phi) is 4.80. The van der Waals surface area contributed by atoms with Crippen molar-refractivity contribution in [1.82, 2.24) is 4.98 Å². The first-order chi connectivity index (χ1) is 14.2. The van der Waals surface area contributed by atoms with Gasteiger partial charge in [-0.2, -0.15) is 0 Å². The normalized spacial score (nSPS) is 32.3. The molecule has 1 N–H and O–H groups in total. The van der Waals surface area contributed by atoms with Crippen molar-refractivity contribution < 1.29 is 18.3 Å². The predicted molar refractivity (Wildman–Crippen MR) is 112 cm³/mol. The van der Waals surface area contributed by atoms with E-state index in [4.69, 9.17) is 11.6 Å². The number of aromatic nitrogens is 1. The highest BCUT2D eigenvalue weighted by Crippen LogP contribution is 2.59. The standard InChI is InChI=1S/C23H24ClNO4S/c24-18-4-5-22(25-13-18)30(28,29)19-3-1-2-15(8-19)21(26)9-20-16-6-14-7-17(20)12-23(27,10-14)11-16/h1-5,8,13-14,16-17,20,27H,6-7,9-12H2. The molecule has 2 unspecified atom stereocenters. The summed E-state index contributed by atoms with van der Waals surface area (Å²) < 4.78 is 25.8. The smallest absolute Gasteiger partial charge is 0.223 e. The minimum Gasteiger partial charge on any atom is -0.390 e. The molecule has 0 saturated heterocycles. The lowest BCUT2D eigenvalue weighted by Gasteiger charge is -2.58. The summed E-state index contributed by atoms with van der Waals surface area (Å²) in [5.41, 5.74) is -0.104. The molecule has 5 nitrogen and oxygen atoms in total. The highest BCUT2D eigenvalue weighted by molar-refractivity contribution is 7.91. The Morgan fingerprint density at radius 3 is 2.50 bits per heavy atom. The molecule has 4 aliphatic carbocycles. The summed E-state index contributed by atoms with van der Waals surface area (Å²) in [5, 5.41) is 11.0. The molecule has 0 spiro atoms. The maximum atomic E-state index is 13.1. The van der Waals surface area contributed by atoms with Gasteiger partial charge in [-0.3, -0.25) is 4.79 Å². The third-order valence-corrected chi connectivity index (χ3v) is 9.19. The van der Waals surface area contributed by atoms with Gasteiger partial charge in [-0.15, -0.1) is 0 Å². The molecule has 0 amide bonds. The minimum absolute atomic E-state index is 0.0272. The number of hydrogen-bond acceptors (Lipinski definition) is 5. The van der Waals surface area contributed by atoms with Crippen LogP contribution in [0, 0.1) is 23.7 Å². The first-order valence-corrected chi connectivity index (χ1v) is 12.3. The second kappa shape index (κ2) is 7.14. The molecule has 0 aliphatic heterocycles. The van der Waals surface area contributed by atoms with Crippen LogP contribution in [0.25, 0.3) is 0 Å². The van der Waals surface area contributed by atoms with E-state index >= 15 is 0 Å². The second-order valence-electron chi connectivity index (χ2n) is 9.33. The largest absolute Gasteiger partial charge is 0.390 e. The average molecular weight is 446 g/mol. The van der Waals surface area contributed by atoms with E-state index < -0.39 is 15.4 Å². The maximum absolute atomic E-state index is 13.1. The van der Waals surface area contributed by atoms with Crippen molar-refractivity contribution in [2.45, 2.75) is 54.0 Å². The molecule has 4 bridgehead atoms. The van der Waals surface area contributed by atoms with E-state index in [-0.39, 0.29) is 21.6 Å². The molecule has 1 heterocycles. The predicted octanol–water partition coefficient (Wildman–Crippen LogP) is 4.33. The lowest BCUT2D eigenvalue weighted by molar-refractivity contribution is -0.151. The van der Waals surface area contributed by atoms with E-state index in [1.54, 1.807) is 12.1 Å². The number of Topliss-reactive ketones (excluding diaryl/α,β-unsaturated/α-hetero) is 1. The Morgan fingerprint density at radius 2 is 1.87 bits per heavy atom. The molecule has 4 aliphatic rings. The van der Waals surface area contributed by atoms with Crippen LogP contribution in [0.3, 0.4) is 0 Å². The molecule has 7 heteroatoms. The molecular formula is C23H24ClNO4S. The number of pyridine rings is 1. The number of benzene rings is 1. The molecule has 6 rings (SSSR count). The van der Waals surface area contributed by atoms with Gasteiger partial charge in [0.25, 0.3) is 0 Å². The maximum Gasteiger partial charge on any atom is 0.223 e. The molecule has 1 aromatic heterocycles. The van der Waals surface area contributed by atoms with Gasteiger partial charge in [-0.05, 0) is 80.0 Å². The van der Waals surface area contributed by atoms with Gasteiger partial charge in [-0.1, -0.05) is 23.7 Å². The summed E-state index contributed by atoms with van der Waals surface area (Å²) in [5.74, 6) is 1.65. The molecule has 4 saturated carbocycles. The van der Waals surface area contributed by atoms with E-state index in [2.05, 4.69) is 4.98 Å². The number of hydrogen-bond donors (Lipinski definition) is 1. The quantitative estimate of drug-likeness (QED) is 0.692. The number of aliphatic hydroxyl groups is 1. The van der Waals surface area contributed by atoms with Crippen LogP contribution >= 0.6 is 11.6 Å². The van der Waals surface area contributed by atoms with Crippen molar-refractivity contribution >= 4 is 27.2 Å². The highest BCUT2D eigenvalue weighted by Gasteiger charge is 2.54. The number of ketones is 1. The van der Waals surface area contributed by atoms with Crippen LogP contribution in [-0.4, -0.2) is 29.9 Å². The summed E-state index contributed by atoms with van der Waals surface area (Å²) in [6, 6.07) is 9.08. The van der Waals surface area contributed by atoms with Crippen molar-refractivity contribution in [3.8, 4) is 0 Å². The summed E-state index contributed by atoms with van der Waals surface area (Å²) in [6.45, 7) is 0. The van der Waals surface area contributed by atoms with E-state index in [0.717, 1.165) is 32.1 Å². The van der Waals surface area contributed by atoms with Crippen LogP contribution in [0.1, 0.15) is 48.9 Å². The fourth-order valence-corrected chi connectivity index (χ4v) is 7.56. The Bertz CT molecular complexity index is 1080. The number of carbonyl (C=O) groups excluding carboxylic acids is 1. The van der Waals surface area contributed by atoms with Gasteiger partial charge in [0, 0.05) is 18.2 Å². The molecule has 2 aromatic rings. The fraction of sp³-hybridized carbons (Fsp3) is 0.478. The van der Waals surface area contributed by atoms with E-state index in [1.807, 2.05) is 0 Å². The van der Waals surface area contributed by atoms with Crippen LogP contribution < -0.4 is 0 Å². The van der Waals surface area contributed by atoms with Gasteiger partial charge in [0.15, 0.2) is 10.8 Å². The van der Waals surface area contributed by atoms with Crippen LogP contribution in [0.2, 0.25) is 5.02 Å². The molecule has 158 valence electrons.